The lowest BCUT2D eigenvalue weighted by molar-refractivity contribution is 0.239. The molecule has 0 radical (unpaired) electrons. The van der Waals surface area contributed by atoms with E-state index in [1.165, 1.54) is 0 Å². The zero-order chi connectivity index (χ0) is 17.2. The standard InChI is InChI=1S/C18H20Cl2N2O2/c19-15-7-2-1-6-14(15)10-12-22-18(23)21-11-5-13-24-17-9-4-3-8-16(17)20/h1-4,6-9H,5,10-13H2,(H2,21,22,23). The zero-order valence-corrected chi connectivity index (χ0v) is 14.7. The van der Waals surface area contributed by atoms with Crippen molar-refractivity contribution in [2.24, 2.45) is 0 Å². The van der Waals surface area contributed by atoms with Gasteiger partial charge in [-0.2, -0.15) is 0 Å². The third-order valence-corrected chi connectivity index (χ3v) is 4.02. The van der Waals surface area contributed by atoms with Gasteiger partial charge in [-0.05, 0) is 36.6 Å². The molecule has 0 fully saturated rings. The van der Waals surface area contributed by atoms with Crippen LogP contribution >= 0.6 is 23.2 Å². The highest BCUT2D eigenvalue weighted by molar-refractivity contribution is 6.32. The van der Waals surface area contributed by atoms with E-state index in [-0.39, 0.29) is 6.03 Å². The van der Waals surface area contributed by atoms with Gasteiger partial charge in [0, 0.05) is 18.1 Å². The normalized spacial score (nSPS) is 10.2. The van der Waals surface area contributed by atoms with Crippen molar-refractivity contribution in [2.75, 3.05) is 19.7 Å². The minimum absolute atomic E-state index is 0.195. The number of ether oxygens (including phenoxy) is 1. The number of para-hydroxylation sites is 1. The summed E-state index contributed by atoms with van der Waals surface area (Å²) >= 11 is 12.1. The topological polar surface area (TPSA) is 50.4 Å². The van der Waals surface area contributed by atoms with Crippen LogP contribution in [0.3, 0.4) is 0 Å². The van der Waals surface area contributed by atoms with Crippen molar-refractivity contribution in [3.63, 3.8) is 0 Å². The molecule has 0 atom stereocenters. The van der Waals surface area contributed by atoms with E-state index in [0.29, 0.717) is 43.3 Å². The fourth-order valence-electron chi connectivity index (χ4n) is 2.09. The lowest BCUT2D eigenvalue weighted by Gasteiger charge is -2.10. The summed E-state index contributed by atoms with van der Waals surface area (Å²) in [5.74, 6) is 0.656. The van der Waals surface area contributed by atoms with Gasteiger partial charge in [0.15, 0.2) is 0 Å². The molecule has 0 unspecified atom stereocenters. The third kappa shape index (κ3) is 6.30. The van der Waals surface area contributed by atoms with Gasteiger partial charge >= 0.3 is 6.03 Å². The number of carbonyl (C=O) groups is 1. The Labute approximate surface area is 152 Å². The van der Waals surface area contributed by atoms with Crippen molar-refractivity contribution in [2.45, 2.75) is 12.8 Å². The second kappa shape index (κ2) is 10.1. The van der Waals surface area contributed by atoms with Crippen molar-refractivity contribution < 1.29 is 9.53 Å². The average Bonchev–Trinajstić information content (AvgIpc) is 2.58. The number of hydrogen-bond donors (Lipinski definition) is 2. The van der Waals surface area contributed by atoms with Crippen LogP contribution in [0.4, 0.5) is 4.79 Å². The molecule has 0 aliphatic carbocycles. The number of carbonyl (C=O) groups excluding carboxylic acids is 1. The van der Waals surface area contributed by atoms with E-state index in [9.17, 15) is 4.79 Å². The number of benzene rings is 2. The number of halogens is 2. The fourth-order valence-corrected chi connectivity index (χ4v) is 2.51. The molecule has 0 aromatic heterocycles. The van der Waals surface area contributed by atoms with Crippen LogP contribution < -0.4 is 15.4 Å². The minimum atomic E-state index is -0.195. The highest BCUT2D eigenvalue weighted by Gasteiger charge is 2.03. The summed E-state index contributed by atoms with van der Waals surface area (Å²) < 4.78 is 5.55. The SMILES string of the molecule is O=C(NCCCOc1ccccc1Cl)NCCc1ccccc1Cl. The molecule has 2 rings (SSSR count). The molecular formula is C18H20Cl2N2O2. The Morgan fingerprint density at radius 3 is 2.33 bits per heavy atom. The summed E-state index contributed by atoms with van der Waals surface area (Å²) in [6, 6.07) is 14.7. The first-order valence-corrected chi connectivity index (χ1v) is 8.55. The van der Waals surface area contributed by atoms with Gasteiger partial charge < -0.3 is 15.4 Å². The van der Waals surface area contributed by atoms with Crippen molar-refractivity contribution in [3.05, 3.63) is 64.1 Å². The average molecular weight is 367 g/mol. The maximum atomic E-state index is 11.7. The molecule has 0 spiro atoms. The molecular weight excluding hydrogens is 347 g/mol. The highest BCUT2D eigenvalue weighted by atomic mass is 35.5. The molecule has 4 nitrogen and oxygen atoms in total. The molecule has 6 heteroatoms. The Balaban J connectivity index is 1.55. The van der Waals surface area contributed by atoms with Crippen LogP contribution in [-0.4, -0.2) is 25.7 Å². The molecule has 128 valence electrons. The van der Waals surface area contributed by atoms with Crippen molar-refractivity contribution in [3.8, 4) is 5.75 Å². The number of hydrogen-bond acceptors (Lipinski definition) is 2. The lowest BCUT2D eigenvalue weighted by Crippen LogP contribution is -2.37. The van der Waals surface area contributed by atoms with E-state index < -0.39 is 0 Å². The van der Waals surface area contributed by atoms with Crippen molar-refractivity contribution >= 4 is 29.2 Å². The van der Waals surface area contributed by atoms with E-state index >= 15 is 0 Å². The molecule has 2 aromatic carbocycles. The van der Waals surface area contributed by atoms with Gasteiger partial charge in [0.2, 0.25) is 0 Å². The molecule has 2 aromatic rings. The second-order valence-electron chi connectivity index (χ2n) is 5.16. The molecule has 2 N–H and O–H groups in total. The first kappa shape index (κ1) is 18.4. The van der Waals surface area contributed by atoms with E-state index in [1.54, 1.807) is 6.07 Å². The molecule has 0 aliphatic heterocycles. The number of nitrogens with one attached hydrogen (secondary N) is 2. The Bertz CT molecular complexity index is 665. The van der Waals surface area contributed by atoms with Gasteiger partial charge in [-0.3, -0.25) is 0 Å². The van der Waals surface area contributed by atoms with Crippen LogP contribution in [0.5, 0.6) is 5.75 Å². The second-order valence-corrected chi connectivity index (χ2v) is 5.97. The number of amides is 2. The smallest absolute Gasteiger partial charge is 0.314 e. The van der Waals surface area contributed by atoms with Gasteiger partial charge in [0.25, 0.3) is 0 Å². The summed E-state index contributed by atoms with van der Waals surface area (Å²) in [5.41, 5.74) is 1.02. The van der Waals surface area contributed by atoms with Crippen molar-refractivity contribution in [1.82, 2.24) is 10.6 Å². The maximum Gasteiger partial charge on any atom is 0.314 e. The van der Waals surface area contributed by atoms with Crippen LogP contribution in [-0.2, 0) is 6.42 Å². The first-order chi connectivity index (χ1) is 11.7. The summed E-state index contributed by atoms with van der Waals surface area (Å²) in [4.78, 5) is 11.7. The van der Waals surface area contributed by atoms with Crippen LogP contribution in [0, 0.1) is 0 Å². The van der Waals surface area contributed by atoms with Gasteiger partial charge in [-0.25, -0.2) is 4.79 Å². The zero-order valence-electron chi connectivity index (χ0n) is 13.2. The van der Waals surface area contributed by atoms with E-state index in [1.807, 2.05) is 42.5 Å². The molecule has 0 bridgehead atoms. The summed E-state index contributed by atoms with van der Waals surface area (Å²) in [7, 11) is 0. The monoisotopic (exact) mass is 366 g/mol. The number of urea groups is 1. The Morgan fingerprint density at radius 1 is 0.917 bits per heavy atom. The van der Waals surface area contributed by atoms with Gasteiger partial charge in [-0.15, -0.1) is 0 Å². The van der Waals surface area contributed by atoms with Crippen molar-refractivity contribution in [1.29, 1.82) is 0 Å². The lowest BCUT2D eigenvalue weighted by atomic mass is 10.1. The minimum Gasteiger partial charge on any atom is -0.492 e. The van der Waals surface area contributed by atoms with Crippen LogP contribution in [0.25, 0.3) is 0 Å². The summed E-state index contributed by atoms with van der Waals surface area (Å²) in [5, 5.41) is 6.90. The fraction of sp³-hybridized carbons (Fsp3) is 0.278. The predicted octanol–water partition coefficient (Wildman–Crippen LogP) is 4.30. The third-order valence-electron chi connectivity index (χ3n) is 3.34. The summed E-state index contributed by atoms with van der Waals surface area (Å²) in [6.45, 7) is 1.55. The summed E-state index contributed by atoms with van der Waals surface area (Å²) in [6.07, 6.45) is 1.39. The van der Waals surface area contributed by atoms with Gasteiger partial charge in [0.05, 0.1) is 11.6 Å². The quantitative estimate of drug-likeness (QED) is 0.684. The molecule has 0 saturated carbocycles. The van der Waals surface area contributed by atoms with Gasteiger partial charge in [0.1, 0.15) is 5.75 Å². The Kier molecular flexibility index (Phi) is 7.72. The molecule has 24 heavy (non-hydrogen) atoms. The maximum absolute atomic E-state index is 11.7. The molecule has 0 heterocycles. The van der Waals surface area contributed by atoms with E-state index in [0.717, 1.165) is 10.6 Å². The first-order valence-electron chi connectivity index (χ1n) is 7.79. The Morgan fingerprint density at radius 2 is 1.58 bits per heavy atom. The molecule has 0 saturated heterocycles. The Hall–Kier alpha value is -1.91. The number of rotatable bonds is 8. The molecule has 2 amide bonds. The highest BCUT2D eigenvalue weighted by Crippen LogP contribution is 2.22. The van der Waals surface area contributed by atoms with Crippen LogP contribution in [0.15, 0.2) is 48.5 Å². The molecule has 0 aliphatic rings. The van der Waals surface area contributed by atoms with E-state index in [2.05, 4.69) is 10.6 Å². The van der Waals surface area contributed by atoms with Gasteiger partial charge in [-0.1, -0.05) is 53.5 Å². The van der Waals surface area contributed by atoms with E-state index in [4.69, 9.17) is 27.9 Å². The van der Waals surface area contributed by atoms with Crippen LogP contribution in [0.1, 0.15) is 12.0 Å². The largest absolute Gasteiger partial charge is 0.492 e. The predicted molar refractivity (Wildman–Crippen MR) is 98.1 cm³/mol. The van der Waals surface area contributed by atoms with Crippen LogP contribution in [0.2, 0.25) is 10.0 Å².